The molecule has 0 atom stereocenters. The fourth-order valence-corrected chi connectivity index (χ4v) is 0.774. The molecule has 0 aliphatic carbocycles. The van der Waals surface area contributed by atoms with Crippen LogP contribution in [0.5, 0.6) is 0 Å². The molecule has 5 nitrogen and oxygen atoms in total. The Balaban J connectivity index is -0.0000000666. The molecular weight excluding hydrogens is 316 g/mol. The van der Waals surface area contributed by atoms with Crippen LogP contribution in [0, 0.1) is 0 Å². The Morgan fingerprint density at radius 1 is 0.870 bits per heavy atom. The summed E-state index contributed by atoms with van der Waals surface area (Å²) in [4.78, 5) is 28.4. The zero-order valence-electron chi connectivity index (χ0n) is 15.4. The molecule has 0 heterocycles. The number of hydrogen-bond acceptors (Lipinski definition) is 3. The van der Waals surface area contributed by atoms with Crippen LogP contribution in [-0.4, -0.2) is 49.1 Å². The first-order valence-corrected chi connectivity index (χ1v) is 6.76. The van der Waals surface area contributed by atoms with Crippen LogP contribution in [0.3, 0.4) is 0 Å². The van der Waals surface area contributed by atoms with Gasteiger partial charge in [0.1, 0.15) is 11.6 Å². The first kappa shape index (κ1) is 33.0. The fourth-order valence-electron chi connectivity index (χ4n) is 0.774. The molecule has 0 aliphatic heterocycles. The van der Waals surface area contributed by atoms with E-state index in [9.17, 15) is 14.4 Å². The number of amides is 1. The van der Waals surface area contributed by atoms with Gasteiger partial charge in [0.25, 0.3) is 0 Å². The fraction of sp³-hybridized carbons (Fsp3) is 0.471. The van der Waals surface area contributed by atoms with Crippen molar-refractivity contribution in [1.82, 2.24) is 0 Å². The van der Waals surface area contributed by atoms with Crippen LogP contribution in [-0.2, 0) is 14.4 Å². The van der Waals surface area contributed by atoms with Crippen molar-refractivity contribution in [2.45, 2.75) is 27.7 Å². The minimum absolute atomic E-state index is 0. The van der Waals surface area contributed by atoms with Crippen LogP contribution in [0.2, 0.25) is 0 Å². The maximum Gasteiger partial charge on any atom is 0.240 e. The van der Waals surface area contributed by atoms with Crippen LogP contribution < -0.4 is 18.1 Å². The number of carbonyl (C=O) groups excluding carboxylic acids is 3. The molecule has 6 heteroatoms. The molecule has 0 aliphatic rings. The molecule has 0 bridgehead atoms. The standard InChI is InChI=1S/C8H16N.C3H5NO.2C3H6O.ClH/c1-5-7-9(3,4)8-6-2;1-2-3(4)5;2*1-3(2)4;/h5-6H,1-2,7-8H2,3-4H3;2H,1H2,(H2,4,5);2*1-2H3;1H/q+1;;;;/p-1. The summed E-state index contributed by atoms with van der Waals surface area (Å²) in [5, 5.41) is 0. The van der Waals surface area contributed by atoms with E-state index in [1.165, 1.54) is 27.7 Å². The predicted molar refractivity (Wildman–Crippen MR) is 94.3 cm³/mol. The summed E-state index contributed by atoms with van der Waals surface area (Å²) >= 11 is 0. The Kier molecular flexibility index (Phi) is 32.4. The van der Waals surface area contributed by atoms with E-state index in [4.69, 9.17) is 0 Å². The highest BCUT2D eigenvalue weighted by molar-refractivity contribution is 5.84. The third kappa shape index (κ3) is 98.8. The van der Waals surface area contributed by atoms with Crippen molar-refractivity contribution in [3.05, 3.63) is 38.0 Å². The van der Waals surface area contributed by atoms with E-state index in [1.807, 2.05) is 12.2 Å². The van der Waals surface area contributed by atoms with Gasteiger partial charge in [-0.05, 0) is 45.9 Å². The number of ketones is 2. The summed E-state index contributed by atoms with van der Waals surface area (Å²) in [5.41, 5.74) is 4.53. The summed E-state index contributed by atoms with van der Waals surface area (Å²) in [6.07, 6.45) is 4.92. The molecular formula is C17H33ClN2O3. The van der Waals surface area contributed by atoms with E-state index in [0.717, 1.165) is 23.6 Å². The van der Waals surface area contributed by atoms with Crippen LogP contribution in [0.25, 0.3) is 0 Å². The first-order valence-electron chi connectivity index (χ1n) is 6.76. The van der Waals surface area contributed by atoms with Gasteiger partial charge in [0.15, 0.2) is 0 Å². The van der Waals surface area contributed by atoms with Crippen molar-refractivity contribution in [2.24, 2.45) is 5.73 Å². The summed E-state index contributed by atoms with van der Waals surface area (Å²) < 4.78 is 0.951. The van der Waals surface area contributed by atoms with E-state index in [1.54, 1.807) is 0 Å². The third-order valence-corrected chi connectivity index (χ3v) is 1.45. The van der Waals surface area contributed by atoms with Crippen molar-refractivity contribution in [2.75, 3.05) is 27.2 Å². The molecule has 0 rings (SSSR count). The van der Waals surface area contributed by atoms with E-state index in [0.29, 0.717) is 0 Å². The van der Waals surface area contributed by atoms with Gasteiger partial charge in [-0.2, -0.15) is 0 Å². The highest BCUT2D eigenvalue weighted by atomic mass is 35.5. The number of halogens is 1. The lowest BCUT2D eigenvalue weighted by Gasteiger charge is -2.26. The van der Waals surface area contributed by atoms with E-state index >= 15 is 0 Å². The van der Waals surface area contributed by atoms with Gasteiger partial charge in [-0.1, -0.05) is 19.7 Å². The largest absolute Gasteiger partial charge is 1.00 e. The number of likely N-dealkylation sites (N-methyl/N-ethyl adjacent to an activating group) is 1. The number of rotatable bonds is 5. The zero-order valence-corrected chi connectivity index (χ0v) is 16.2. The van der Waals surface area contributed by atoms with E-state index in [2.05, 4.69) is 39.6 Å². The summed E-state index contributed by atoms with van der Waals surface area (Å²) in [6.45, 7) is 18.6. The van der Waals surface area contributed by atoms with Crippen LogP contribution in [0.1, 0.15) is 27.7 Å². The second-order valence-electron chi connectivity index (χ2n) is 5.30. The lowest BCUT2D eigenvalue weighted by atomic mass is 10.4. The number of carbonyl (C=O) groups is 3. The highest BCUT2D eigenvalue weighted by Gasteiger charge is 2.07. The Morgan fingerprint density at radius 3 is 1.13 bits per heavy atom. The lowest BCUT2D eigenvalue weighted by molar-refractivity contribution is -0.878. The number of hydrogen-bond donors (Lipinski definition) is 1. The minimum atomic E-state index is -0.481. The van der Waals surface area contributed by atoms with Gasteiger partial charge in [0.2, 0.25) is 5.91 Å². The van der Waals surface area contributed by atoms with Gasteiger partial charge in [-0.15, -0.1) is 0 Å². The molecule has 0 spiro atoms. The maximum absolute atomic E-state index is 9.47. The van der Waals surface area contributed by atoms with E-state index in [-0.39, 0.29) is 24.0 Å². The maximum atomic E-state index is 9.47. The molecule has 0 radical (unpaired) electrons. The van der Waals surface area contributed by atoms with Crippen LogP contribution >= 0.6 is 0 Å². The minimum Gasteiger partial charge on any atom is -1.00 e. The number of nitrogens with zero attached hydrogens (tertiary/aromatic N) is 1. The number of quaternary nitrogens is 1. The molecule has 0 saturated carbocycles. The van der Waals surface area contributed by atoms with E-state index < -0.39 is 5.91 Å². The Morgan fingerprint density at radius 2 is 1.04 bits per heavy atom. The third-order valence-electron chi connectivity index (χ3n) is 1.45. The van der Waals surface area contributed by atoms with Crippen molar-refractivity contribution in [3.8, 4) is 0 Å². The molecule has 0 aromatic rings. The molecule has 1 amide bonds. The smallest absolute Gasteiger partial charge is 0.240 e. The first-order chi connectivity index (χ1) is 9.86. The van der Waals surface area contributed by atoms with Crippen molar-refractivity contribution >= 4 is 17.5 Å². The zero-order chi connectivity index (χ0) is 18.8. The number of nitrogens with two attached hydrogens (primary N) is 1. The van der Waals surface area contributed by atoms with Gasteiger partial charge in [-0.3, -0.25) is 4.79 Å². The van der Waals surface area contributed by atoms with Gasteiger partial charge in [-0.25, -0.2) is 0 Å². The Labute approximate surface area is 147 Å². The van der Waals surface area contributed by atoms with Gasteiger partial charge >= 0.3 is 0 Å². The SMILES string of the molecule is C=CC(N)=O.C=CC[N+](C)(C)CC=C.CC(C)=O.CC(C)=O.[Cl-]. The number of Topliss-reactive ketones (excluding diaryl/α,β-unsaturated/α-hetero) is 2. The molecule has 0 unspecified atom stereocenters. The Bertz CT molecular complexity index is 333. The topological polar surface area (TPSA) is 77.2 Å². The van der Waals surface area contributed by atoms with Crippen LogP contribution in [0.4, 0.5) is 0 Å². The molecule has 0 saturated heterocycles. The van der Waals surface area contributed by atoms with Crippen molar-refractivity contribution in [3.63, 3.8) is 0 Å². The average molecular weight is 349 g/mol. The normalized spacial score (nSPS) is 7.91. The molecule has 0 aromatic carbocycles. The van der Waals surface area contributed by atoms with Crippen molar-refractivity contribution in [1.29, 1.82) is 0 Å². The second-order valence-corrected chi connectivity index (χ2v) is 5.30. The molecule has 2 N–H and O–H groups in total. The average Bonchev–Trinajstić information content (AvgIpc) is 2.27. The molecule has 0 aromatic heterocycles. The molecule has 23 heavy (non-hydrogen) atoms. The monoisotopic (exact) mass is 348 g/mol. The number of primary amides is 1. The van der Waals surface area contributed by atoms with Gasteiger partial charge < -0.3 is 32.2 Å². The van der Waals surface area contributed by atoms with Gasteiger partial charge in [0, 0.05) is 0 Å². The lowest BCUT2D eigenvalue weighted by Crippen LogP contribution is -3.00. The quantitative estimate of drug-likeness (QED) is 0.405. The Hall–Kier alpha value is -1.72. The summed E-state index contributed by atoms with van der Waals surface area (Å²) in [5.74, 6) is -0.148. The van der Waals surface area contributed by atoms with Gasteiger partial charge in [0.05, 0.1) is 27.2 Å². The molecule has 136 valence electrons. The summed E-state index contributed by atoms with van der Waals surface area (Å²) in [7, 11) is 4.31. The predicted octanol–water partition coefficient (Wildman–Crippen LogP) is -0.713. The van der Waals surface area contributed by atoms with Crippen LogP contribution in [0.15, 0.2) is 38.0 Å². The molecule has 0 fully saturated rings. The highest BCUT2D eigenvalue weighted by Crippen LogP contribution is 1.95. The van der Waals surface area contributed by atoms with Crippen molar-refractivity contribution < 1.29 is 31.3 Å². The second kappa shape index (κ2) is 22.6. The summed E-state index contributed by atoms with van der Waals surface area (Å²) in [6, 6.07) is 0.